The second-order valence-electron chi connectivity index (χ2n) is 7.19. The average molecular weight is 423 g/mol. The van der Waals surface area contributed by atoms with Crippen LogP contribution in [0.4, 0.5) is 11.4 Å². The summed E-state index contributed by atoms with van der Waals surface area (Å²) in [5.41, 5.74) is 1.70. The molecule has 0 fully saturated rings. The van der Waals surface area contributed by atoms with E-state index in [4.69, 9.17) is 4.74 Å². The van der Waals surface area contributed by atoms with E-state index in [-0.39, 0.29) is 37.5 Å². The predicted molar refractivity (Wildman–Crippen MR) is 114 cm³/mol. The van der Waals surface area contributed by atoms with Crippen molar-refractivity contribution in [2.45, 2.75) is 19.5 Å². The maximum absolute atomic E-state index is 12.6. The summed E-state index contributed by atoms with van der Waals surface area (Å²) in [7, 11) is 0. The van der Waals surface area contributed by atoms with Gasteiger partial charge in [0.2, 0.25) is 0 Å². The molecule has 2 heterocycles. The fraction of sp³-hybridized carbons (Fsp3) is 0.238. The summed E-state index contributed by atoms with van der Waals surface area (Å²) in [6.45, 7) is 1.82. The Hall–Kier alpha value is -3.92. The first kappa shape index (κ1) is 20.4. The summed E-state index contributed by atoms with van der Waals surface area (Å²) in [4.78, 5) is 43.5. The van der Waals surface area contributed by atoms with Crippen molar-refractivity contribution in [1.82, 2.24) is 15.3 Å². The van der Waals surface area contributed by atoms with Gasteiger partial charge in [-0.05, 0) is 36.8 Å². The number of carbonyl (C=O) groups excluding carboxylic acids is 2. The smallest absolute Gasteiger partial charge is 0.287 e. The summed E-state index contributed by atoms with van der Waals surface area (Å²) in [5.74, 6) is -0.331. The molecule has 0 aliphatic carbocycles. The molecular weight excluding hydrogens is 402 g/mol. The third-order valence-corrected chi connectivity index (χ3v) is 4.75. The number of amides is 2. The molecule has 10 heteroatoms. The number of nitrogens with one attached hydrogen (secondary N) is 4. The van der Waals surface area contributed by atoms with Crippen LogP contribution in [0.5, 0.6) is 5.75 Å². The number of hydrogen-bond donors (Lipinski definition) is 5. The van der Waals surface area contributed by atoms with Crippen LogP contribution >= 0.6 is 0 Å². The molecule has 2 amide bonds. The molecule has 0 unspecified atom stereocenters. The lowest BCUT2D eigenvalue weighted by atomic mass is 10.1. The number of rotatable bonds is 6. The van der Waals surface area contributed by atoms with Crippen LogP contribution in [-0.4, -0.2) is 46.1 Å². The molecule has 1 aliphatic rings. The van der Waals surface area contributed by atoms with Gasteiger partial charge in [0.15, 0.2) is 12.4 Å². The van der Waals surface area contributed by atoms with Gasteiger partial charge < -0.3 is 30.8 Å². The number of aromatic amines is 1. The number of aliphatic hydroxyl groups excluding tert-OH is 1. The van der Waals surface area contributed by atoms with Crippen molar-refractivity contribution in [3.05, 3.63) is 58.1 Å². The largest absolute Gasteiger partial charge is 0.482 e. The average Bonchev–Trinajstić information content (AvgIpc) is 2.76. The second kappa shape index (κ2) is 8.44. The summed E-state index contributed by atoms with van der Waals surface area (Å²) in [5, 5.41) is 18.0. The zero-order valence-corrected chi connectivity index (χ0v) is 16.7. The molecule has 0 saturated carbocycles. The molecule has 5 N–H and O–H groups in total. The third kappa shape index (κ3) is 4.33. The van der Waals surface area contributed by atoms with E-state index in [2.05, 4.69) is 25.9 Å². The molecule has 31 heavy (non-hydrogen) atoms. The molecule has 4 rings (SSSR count). The van der Waals surface area contributed by atoms with Gasteiger partial charge in [-0.3, -0.25) is 14.4 Å². The molecule has 2 aromatic carbocycles. The Kier molecular flexibility index (Phi) is 5.54. The molecule has 0 radical (unpaired) electrons. The van der Waals surface area contributed by atoms with Crippen LogP contribution in [0.15, 0.2) is 41.2 Å². The van der Waals surface area contributed by atoms with Crippen LogP contribution < -0.4 is 26.2 Å². The lowest BCUT2D eigenvalue weighted by molar-refractivity contribution is -0.118. The number of nitrogens with zero attached hydrogens (tertiary/aromatic N) is 1. The van der Waals surface area contributed by atoms with Gasteiger partial charge in [-0.25, -0.2) is 4.98 Å². The number of benzene rings is 2. The van der Waals surface area contributed by atoms with E-state index in [1.165, 1.54) is 0 Å². The Bertz CT molecular complexity index is 1220. The van der Waals surface area contributed by atoms with Crippen LogP contribution in [0, 0.1) is 0 Å². The topological polar surface area (TPSA) is 145 Å². The fourth-order valence-electron chi connectivity index (χ4n) is 3.24. The normalized spacial score (nSPS) is 13.7. The quantitative estimate of drug-likeness (QED) is 0.397. The van der Waals surface area contributed by atoms with Crippen molar-refractivity contribution in [3.8, 4) is 5.75 Å². The fourth-order valence-corrected chi connectivity index (χ4v) is 3.24. The molecule has 1 aromatic heterocycles. The molecule has 1 aliphatic heterocycles. The number of ether oxygens (including phenoxy) is 1. The Morgan fingerprint density at radius 3 is 2.94 bits per heavy atom. The number of hydrogen-bond acceptors (Lipinski definition) is 7. The number of H-pyrrole nitrogens is 1. The maximum Gasteiger partial charge on any atom is 0.287 e. The highest BCUT2D eigenvalue weighted by atomic mass is 16.5. The lowest BCUT2D eigenvalue weighted by Gasteiger charge is -2.18. The summed E-state index contributed by atoms with van der Waals surface area (Å²) in [6.07, 6.45) is 0. The van der Waals surface area contributed by atoms with E-state index in [0.29, 0.717) is 28.0 Å². The molecule has 1 atom stereocenters. The van der Waals surface area contributed by atoms with Gasteiger partial charge in [-0.2, -0.15) is 0 Å². The number of carbonyl (C=O) groups is 2. The van der Waals surface area contributed by atoms with E-state index < -0.39 is 11.5 Å². The first-order chi connectivity index (χ1) is 14.9. The molecule has 0 saturated heterocycles. The Balaban J connectivity index is 1.53. The first-order valence-corrected chi connectivity index (χ1v) is 9.69. The number of aromatic nitrogens is 2. The number of fused-ring (bicyclic) bond motifs is 2. The highest BCUT2D eigenvalue weighted by Crippen LogP contribution is 2.28. The highest BCUT2D eigenvalue weighted by Gasteiger charge is 2.17. The van der Waals surface area contributed by atoms with Crippen LogP contribution in [0.3, 0.4) is 0 Å². The van der Waals surface area contributed by atoms with Gasteiger partial charge in [0.25, 0.3) is 17.4 Å². The Morgan fingerprint density at radius 2 is 2.13 bits per heavy atom. The van der Waals surface area contributed by atoms with Crippen LogP contribution in [0.2, 0.25) is 0 Å². The minimum Gasteiger partial charge on any atom is -0.482 e. The predicted octanol–water partition coefficient (Wildman–Crippen LogP) is 0.977. The summed E-state index contributed by atoms with van der Waals surface area (Å²) < 4.78 is 5.31. The Morgan fingerprint density at radius 1 is 1.29 bits per heavy atom. The highest BCUT2D eigenvalue weighted by molar-refractivity contribution is 5.96. The van der Waals surface area contributed by atoms with Crippen molar-refractivity contribution in [3.63, 3.8) is 0 Å². The van der Waals surface area contributed by atoms with E-state index in [9.17, 15) is 19.5 Å². The van der Waals surface area contributed by atoms with Gasteiger partial charge >= 0.3 is 0 Å². The van der Waals surface area contributed by atoms with E-state index >= 15 is 0 Å². The van der Waals surface area contributed by atoms with E-state index in [1.54, 1.807) is 43.3 Å². The van der Waals surface area contributed by atoms with Crippen molar-refractivity contribution < 1.29 is 19.4 Å². The van der Waals surface area contributed by atoms with Crippen molar-refractivity contribution in [1.29, 1.82) is 0 Å². The van der Waals surface area contributed by atoms with Crippen LogP contribution in [0.1, 0.15) is 23.1 Å². The van der Waals surface area contributed by atoms with E-state index in [0.717, 1.165) is 5.56 Å². The van der Waals surface area contributed by atoms with Gasteiger partial charge in [0.05, 0.1) is 23.2 Å². The van der Waals surface area contributed by atoms with Crippen molar-refractivity contribution in [2.75, 3.05) is 23.8 Å². The third-order valence-electron chi connectivity index (χ3n) is 4.75. The molecule has 0 spiro atoms. The first-order valence-electron chi connectivity index (χ1n) is 9.69. The summed E-state index contributed by atoms with van der Waals surface area (Å²) >= 11 is 0. The zero-order valence-electron chi connectivity index (χ0n) is 16.7. The minimum absolute atomic E-state index is 0.0276. The monoisotopic (exact) mass is 423 g/mol. The van der Waals surface area contributed by atoms with Gasteiger partial charge in [0, 0.05) is 18.3 Å². The molecular formula is C21H21N5O5. The maximum atomic E-state index is 12.6. The van der Waals surface area contributed by atoms with Crippen LogP contribution in [0.25, 0.3) is 10.9 Å². The van der Waals surface area contributed by atoms with Gasteiger partial charge in [-0.15, -0.1) is 0 Å². The van der Waals surface area contributed by atoms with Crippen molar-refractivity contribution in [2.24, 2.45) is 0 Å². The number of anilines is 2. The Labute approximate surface area is 176 Å². The van der Waals surface area contributed by atoms with Gasteiger partial charge in [0.1, 0.15) is 5.75 Å². The minimum atomic E-state index is -0.543. The lowest BCUT2D eigenvalue weighted by Crippen LogP contribution is -2.28. The van der Waals surface area contributed by atoms with Crippen LogP contribution in [-0.2, 0) is 11.3 Å². The standard InChI is InChI=1S/C21H21N5O5/c1-11(9-27)23-13-3-2-4-14-18(13)20(29)26-19(25-14)21(30)22-8-12-5-6-16-15(7-12)24-17(28)10-31-16/h2-7,11,23,27H,8-10H2,1H3,(H,22,30)(H,24,28)(H,25,26,29)/t11-/m1/s1. The molecule has 3 aromatic rings. The second-order valence-corrected chi connectivity index (χ2v) is 7.19. The summed E-state index contributed by atoms with van der Waals surface area (Å²) in [6, 6.07) is 10.0. The molecule has 0 bridgehead atoms. The SMILES string of the molecule is C[C@H](CO)Nc1cccc2nc(C(=O)NCc3ccc4c(c3)NC(=O)CO4)[nH]c(=O)c12. The molecule has 10 nitrogen and oxygen atoms in total. The van der Waals surface area contributed by atoms with Gasteiger partial charge in [-0.1, -0.05) is 12.1 Å². The van der Waals surface area contributed by atoms with E-state index in [1.807, 2.05) is 0 Å². The number of aliphatic hydroxyl groups is 1. The van der Waals surface area contributed by atoms with Crippen molar-refractivity contribution >= 4 is 34.1 Å². The molecule has 160 valence electrons. The zero-order chi connectivity index (χ0) is 22.0.